The Hall–Kier alpha value is -3.04. The lowest BCUT2D eigenvalue weighted by molar-refractivity contribution is -0.126. The number of hydrogen-bond donors (Lipinski definition) is 2. The maximum absolute atomic E-state index is 13.1. The van der Waals surface area contributed by atoms with E-state index in [0.29, 0.717) is 44.0 Å². The van der Waals surface area contributed by atoms with Crippen molar-refractivity contribution in [3.8, 4) is 11.5 Å². The van der Waals surface area contributed by atoms with Gasteiger partial charge in [-0.25, -0.2) is 12.7 Å². The Bertz CT molecular complexity index is 1260. The number of sulfonamides is 1. The van der Waals surface area contributed by atoms with Gasteiger partial charge < -0.3 is 19.8 Å². The molecule has 182 valence electrons. The average molecular weight is 486 g/mol. The van der Waals surface area contributed by atoms with E-state index in [4.69, 9.17) is 9.47 Å². The van der Waals surface area contributed by atoms with Crippen molar-refractivity contribution in [1.29, 1.82) is 0 Å². The minimum Gasteiger partial charge on any atom is -0.493 e. The van der Waals surface area contributed by atoms with Crippen molar-refractivity contribution in [2.75, 3.05) is 40.1 Å². The van der Waals surface area contributed by atoms with Crippen LogP contribution in [-0.2, 0) is 14.8 Å². The van der Waals surface area contributed by atoms with Crippen molar-refractivity contribution in [3.63, 3.8) is 0 Å². The van der Waals surface area contributed by atoms with Gasteiger partial charge in [-0.15, -0.1) is 0 Å². The van der Waals surface area contributed by atoms with Gasteiger partial charge in [-0.2, -0.15) is 0 Å². The van der Waals surface area contributed by atoms with Crippen molar-refractivity contribution in [1.82, 2.24) is 14.6 Å². The van der Waals surface area contributed by atoms with Gasteiger partial charge in [0.1, 0.15) is 0 Å². The second kappa shape index (κ2) is 10.1. The van der Waals surface area contributed by atoms with E-state index >= 15 is 0 Å². The molecule has 0 aliphatic carbocycles. The molecule has 34 heavy (non-hydrogen) atoms. The molecule has 3 aromatic rings. The Morgan fingerprint density at radius 1 is 1.09 bits per heavy atom. The maximum atomic E-state index is 13.1. The molecule has 1 amide bonds. The molecule has 1 aromatic heterocycles. The van der Waals surface area contributed by atoms with Crippen LogP contribution < -0.4 is 14.8 Å². The van der Waals surface area contributed by atoms with Gasteiger partial charge in [0.05, 0.1) is 20.5 Å². The van der Waals surface area contributed by atoms with Gasteiger partial charge in [0, 0.05) is 54.1 Å². The monoisotopic (exact) mass is 485 g/mol. The maximum Gasteiger partial charge on any atom is 0.223 e. The van der Waals surface area contributed by atoms with Gasteiger partial charge in [-0.05, 0) is 30.5 Å². The molecule has 0 spiro atoms. The van der Waals surface area contributed by atoms with Gasteiger partial charge in [0.15, 0.2) is 11.5 Å². The Morgan fingerprint density at radius 3 is 2.50 bits per heavy atom. The molecular formula is C25H31N3O5S. The van der Waals surface area contributed by atoms with Crippen LogP contribution in [0.2, 0.25) is 0 Å². The molecule has 1 unspecified atom stereocenters. The van der Waals surface area contributed by atoms with Crippen LogP contribution in [0.4, 0.5) is 0 Å². The van der Waals surface area contributed by atoms with Crippen LogP contribution >= 0.6 is 0 Å². The number of H-pyrrole nitrogens is 1. The second-order valence-corrected chi connectivity index (χ2v) is 10.6. The van der Waals surface area contributed by atoms with Crippen LogP contribution in [-0.4, -0.2) is 63.7 Å². The second-order valence-electron chi connectivity index (χ2n) is 8.61. The van der Waals surface area contributed by atoms with Crippen LogP contribution in [0, 0.1) is 5.92 Å². The molecule has 0 saturated carbocycles. The summed E-state index contributed by atoms with van der Waals surface area (Å²) >= 11 is 0. The molecule has 2 heterocycles. The summed E-state index contributed by atoms with van der Waals surface area (Å²) in [5.74, 6) is 0.815. The Kier molecular flexibility index (Phi) is 7.13. The third kappa shape index (κ3) is 4.90. The lowest BCUT2D eigenvalue weighted by Gasteiger charge is -2.30. The van der Waals surface area contributed by atoms with E-state index < -0.39 is 10.0 Å². The molecule has 1 aliphatic heterocycles. The van der Waals surface area contributed by atoms with Crippen LogP contribution in [0.3, 0.4) is 0 Å². The summed E-state index contributed by atoms with van der Waals surface area (Å²) in [5, 5.41) is 4.21. The molecule has 1 atom stereocenters. The fourth-order valence-corrected chi connectivity index (χ4v) is 5.63. The largest absolute Gasteiger partial charge is 0.493 e. The number of methoxy groups -OCH3 is 2. The summed E-state index contributed by atoms with van der Waals surface area (Å²) in [6, 6.07) is 13.8. The van der Waals surface area contributed by atoms with Crippen LogP contribution in [0.5, 0.6) is 11.5 Å². The molecule has 0 radical (unpaired) electrons. The number of ether oxygens (including phenoxy) is 2. The highest BCUT2D eigenvalue weighted by Gasteiger charge is 2.30. The highest BCUT2D eigenvalue weighted by Crippen LogP contribution is 2.40. The van der Waals surface area contributed by atoms with E-state index in [1.165, 1.54) is 10.6 Å². The van der Waals surface area contributed by atoms with Crippen LogP contribution in [0.15, 0.2) is 48.7 Å². The zero-order valence-electron chi connectivity index (χ0n) is 19.7. The SMILES string of the molecule is COc1cccc(C(CNC(=O)C2CCN(S(C)(=O)=O)CC2)c2c[nH]c3ccccc23)c1OC. The van der Waals surface area contributed by atoms with Gasteiger partial charge in [0.25, 0.3) is 0 Å². The summed E-state index contributed by atoms with van der Waals surface area (Å²) in [6.45, 7) is 1.11. The number of benzene rings is 2. The lowest BCUT2D eigenvalue weighted by Crippen LogP contribution is -2.43. The Labute approximate surface area is 200 Å². The van der Waals surface area contributed by atoms with E-state index in [0.717, 1.165) is 22.0 Å². The van der Waals surface area contributed by atoms with Gasteiger partial charge >= 0.3 is 0 Å². The fraction of sp³-hybridized carbons (Fsp3) is 0.400. The number of nitrogens with one attached hydrogen (secondary N) is 2. The number of fused-ring (bicyclic) bond motifs is 1. The summed E-state index contributed by atoms with van der Waals surface area (Å²) in [4.78, 5) is 16.4. The number of carbonyl (C=O) groups is 1. The number of hydrogen-bond acceptors (Lipinski definition) is 5. The number of aromatic nitrogens is 1. The summed E-state index contributed by atoms with van der Waals surface area (Å²) in [6.07, 6.45) is 4.21. The molecule has 1 aliphatic rings. The van der Waals surface area contributed by atoms with E-state index in [1.54, 1.807) is 14.2 Å². The number of aromatic amines is 1. The first-order valence-corrected chi connectivity index (χ1v) is 13.2. The number of piperidine rings is 1. The van der Waals surface area contributed by atoms with E-state index in [1.807, 2.05) is 42.6 Å². The average Bonchev–Trinajstić information content (AvgIpc) is 3.27. The lowest BCUT2D eigenvalue weighted by atomic mass is 9.89. The smallest absolute Gasteiger partial charge is 0.223 e. The summed E-state index contributed by atoms with van der Waals surface area (Å²) in [5.41, 5.74) is 2.98. The first-order valence-electron chi connectivity index (χ1n) is 11.3. The first-order chi connectivity index (χ1) is 16.3. The summed E-state index contributed by atoms with van der Waals surface area (Å²) < 4.78 is 36.2. The molecular weight excluding hydrogens is 454 g/mol. The van der Waals surface area contributed by atoms with Crippen molar-refractivity contribution in [2.24, 2.45) is 5.92 Å². The van der Waals surface area contributed by atoms with Crippen LogP contribution in [0.25, 0.3) is 10.9 Å². The predicted octanol–water partition coefficient (Wildman–Crippen LogP) is 3.10. The zero-order valence-corrected chi connectivity index (χ0v) is 20.5. The Balaban J connectivity index is 1.60. The minimum absolute atomic E-state index is 0.0557. The first kappa shape index (κ1) is 24.1. The molecule has 9 heteroatoms. The van der Waals surface area contributed by atoms with Gasteiger partial charge in [-0.1, -0.05) is 30.3 Å². The fourth-order valence-electron chi connectivity index (χ4n) is 4.75. The highest BCUT2D eigenvalue weighted by atomic mass is 32.2. The van der Waals surface area contributed by atoms with Crippen LogP contribution in [0.1, 0.15) is 29.9 Å². The molecule has 2 N–H and O–H groups in total. The topological polar surface area (TPSA) is 101 Å². The number of amides is 1. The number of rotatable bonds is 8. The molecule has 2 aromatic carbocycles. The van der Waals surface area contributed by atoms with Crippen molar-refractivity contribution >= 4 is 26.8 Å². The molecule has 8 nitrogen and oxygen atoms in total. The van der Waals surface area contributed by atoms with Crippen molar-refractivity contribution < 1.29 is 22.7 Å². The third-order valence-electron chi connectivity index (χ3n) is 6.58. The number of carbonyl (C=O) groups excluding carboxylic acids is 1. The van der Waals surface area contributed by atoms with E-state index in [2.05, 4.69) is 16.4 Å². The highest BCUT2D eigenvalue weighted by molar-refractivity contribution is 7.88. The predicted molar refractivity (Wildman–Crippen MR) is 132 cm³/mol. The molecule has 1 saturated heterocycles. The number of para-hydroxylation sites is 2. The van der Waals surface area contributed by atoms with Gasteiger partial charge in [-0.3, -0.25) is 4.79 Å². The molecule has 0 bridgehead atoms. The number of nitrogens with zero attached hydrogens (tertiary/aromatic N) is 1. The van der Waals surface area contributed by atoms with E-state index in [9.17, 15) is 13.2 Å². The quantitative estimate of drug-likeness (QED) is 0.511. The minimum atomic E-state index is -3.23. The van der Waals surface area contributed by atoms with Gasteiger partial charge in [0.2, 0.25) is 15.9 Å². The van der Waals surface area contributed by atoms with Crippen molar-refractivity contribution in [3.05, 3.63) is 59.8 Å². The molecule has 1 fully saturated rings. The Morgan fingerprint density at radius 2 is 1.82 bits per heavy atom. The van der Waals surface area contributed by atoms with Crippen molar-refractivity contribution in [2.45, 2.75) is 18.8 Å². The van der Waals surface area contributed by atoms with E-state index in [-0.39, 0.29) is 17.7 Å². The zero-order chi connectivity index (χ0) is 24.3. The normalized spacial score (nSPS) is 16.3. The third-order valence-corrected chi connectivity index (χ3v) is 7.88. The molecule has 4 rings (SSSR count). The summed E-state index contributed by atoms with van der Waals surface area (Å²) in [7, 11) is -0.0121. The standard InChI is InChI=1S/C25H31N3O5S/c1-32-23-10-6-8-19(24(23)33-2)21(20-15-26-22-9-5-4-7-18(20)22)16-27-25(29)17-11-13-28(14-12-17)34(3,30)31/h4-10,15,17,21,26H,11-14,16H2,1-3H3,(H,27,29).